The third-order valence-corrected chi connectivity index (χ3v) is 4.09. The van der Waals surface area contributed by atoms with E-state index in [0.29, 0.717) is 22.6 Å². The van der Waals surface area contributed by atoms with Gasteiger partial charge in [-0.05, 0) is 23.8 Å². The number of nitrogens with two attached hydrogens (primary N) is 1. The molecule has 2 aromatic heterocycles. The maximum atomic E-state index is 13.7. The fraction of sp³-hybridized carbons (Fsp3) is 0.154. The Kier molecular flexibility index (Phi) is 3.27. The van der Waals surface area contributed by atoms with Crippen molar-refractivity contribution < 1.29 is 4.39 Å². The van der Waals surface area contributed by atoms with Crippen molar-refractivity contribution in [3.05, 3.63) is 41.8 Å². The zero-order valence-electron chi connectivity index (χ0n) is 10.7. The molecule has 0 saturated heterocycles. The van der Waals surface area contributed by atoms with Crippen molar-refractivity contribution in [2.45, 2.75) is 10.9 Å². The summed E-state index contributed by atoms with van der Waals surface area (Å²) in [5, 5.41) is 9.03. The van der Waals surface area contributed by atoms with Gasteiger partial charge in [0.05, 0.1) is 5.52 Å². The van der Waals surface area contributed by atoms with Crippen molar-refractivity contribution in [2.24, 2.45) is 7.05 Å². The fourth-order valence-electron chi connectivity index (χ4n) is 1.91. The Bertz CT molecular complexity index is 771. The molecule has 2 N–H and O–H groups in total. The lowest BCUT2D eigenvalue weighted by Crippen LogP contribution is -1.98. The van der Waals surface area contributed by atoms with Crippen LogP contribution in [0.1, 0.15) is 5.56 Å². The van der Waals surface area contributed by atoms with Crippen LogP contribution in [-0.4, -0.2) is 19.7 Å². The zero-order chi connectivity index (χ0) is 14.1. The van der Waals surface area contributed by atoms with Gasteiger partial charge in [-0.2, -0.15) is 0 Å². The molecule has 0 unspecified atom stereocenters. The van der Waals surface area contributed by atoms with Crippen LogP contribution < -0.4 is 5.73 Å². The van der Waals surface area contributed by atoms with E-state index in [1.807, 2.05) is 0 Å². The molecule has 0 fully saturated rings. The molecule has 0 aliphatic carbocycles. The molecule has 0 amide bonds. The largest absolute Gasteiger partial charge is 0.368 e. The number of aromatic nitrogens is 4. The monoisotopic (exact) mass is 289 g/mol. The number of hydrogen-bond acceptors (Lipinski definition) is 5. The van der Waals surface area contributed by atoms with Gasteiger partial charge in [0.2, 0.25) is 5.95 Å². The van der Waals surface area contributed by atoms with Gasteiger partial charge in [0.15, 0.2) is 5.16 Å². The van der Waals surface area contributed by atoms with Gasteiger partial charge in [-0.3, -0.25) is 9.55 Å². The number of fused-ring (bicyclic) bond motifs is 1. The number of anilines is 1. The van der Waals surface area contributed by atoms with Crippen molar-refractivity contribution in [1.82, 2.24) is 19.7 Å². The van der Waals surface area contributed by atoms with Gasteiger partial charge >= 0.3 is 0 Å². The summed E-state index contributed by atoms with van der Waals surface area (Å²) in [7, 11) is 1.80. The summed E-state index contributed by atoms with van der Waals surface area (Å²) in [6.07, 6.45) is 1.66. The van der Waals surface area contributed by atoms with E-state index in [0.717, 1.165) is 10.7 Å². The minimum atomic E-state index is -0.259. The van der Waals surface area contributed by atoms with Crippen LogP contribution in [0.2, 0.25) is 0 Å². The summed E-state index contributed by atoms with van der Waals surface area (Å²) in [4.78, 5) is 4.26. The summed E-state index contributed by atoms with van der Waals surface area (Å²) in [5.74, 6) is 0.735. The summed E-state index contributed by atoms with van der Waals surface area (Å²) in [6.45, 7) is 0. The molecule has 0 aliphatic rings. The minimum Gasteiger partial charge on any atom is -0.368 e. The van der Waals surface area contributed by atoms with E-state index in [4.69, 9.17) is 5.73 Å². The third kappa shape index (κ3) is 2.20. The van der Waals surface area contributed by atoms with Gasteiger partial charge in [-0.1, -0.05) is 17.8 Å². The third-order valence-electron chi connectivity index (χ3n) is 3.03. The molecular formula is C13H12FN5S. The van der Waals surface area contributed by atoms with E-state index in [1.54, 1.807) is 36.0 Å². The van der Waals surface area contributed by atoms with E-state index in [2.05, 4.69) is 15.2 Å². The lowest BCUT2D eigenvalue weighted by molar-refractivity contribution is 0.639. The number of pyridine rings is 1. The molecule has 7 heteroatoms. The molecule has 0 bridgehead atoms. The first-order valence-electron chi connectivity index (χ1n) is 5.96. The van der Waals surface area contributed by atoms with Gasteiger partial charge in [-0.15, -0.1) is 10.2 Å². The Morgan fingerprint density at radius 1 is 1.30 bits per heavy atom. The lowest BCUT2D eigenvalue weighted by atomic mass is 10.1. The Morgan fingerprint density at radius 2 is 2.15 bits per heavy atom. The maximum absolute atomic E-state index is 13.7. The molecule has 0 saturated carbocycles. The van der Waals surface area contributed by atoms with Crippen LogP contribution in [0.4, 0.5) is 10.3 Å². The highest BCUT2D eigenvalue weighted by atomic mass is 32.2. The van der Waals surface area contributed by atoms with E-state index in [1.165, 1.54) is 17.8 Å². The van der Waals surface area contributed by atoms with Crippen molar-refractivity contribution in [3.63, 3.8) is 0 Å². The second-order valence-corrected chi connectivity index (χ2v) is 5.24. The number of rotatable bonds is 3. The number of nitrogen functional groups attached to an aromatic ring is 1. The van der Waals surface area contributed by atoms with Crippen LogP contribution in [0.3, 0.4) is 0 Å². The van der Waals surface area contributed by atoms with Crippen LogP contribution in [0, 0.1) is 5.82 Å². The molecule has 3 rings (SSSR count). The predicted molar refractivity (Wildman–Crippen MR) is 76.7 cm³/mol. The highest BCUT2D eigenvalue weighted by Crippen LogP contribution is 2.26. The van der Waals surface area contributed by atoms with Crippen LogP contribution in [0.25, 0.3) is 10.9 Å². The molecule has 1 aromatic carbocycles. The molecule has 0 aliphatic heterocycles. The van der Waals surface area contributed by atoms with Crippen molar-refractivity contribution in [1.29, 1.82) is 0 Å². The maximum Gasteiger partial charge on any atom is 0.222 e. The van der Waals surface area contributed by atoms with Gasteiger partial charge < -0.3 is 5.73 Å². The molecular weight excluding hydrogens is 277 g/mol. The molecule has 0 spiro atoms. The van der Waals surface area contributed by atoms with Crippen molar-refractivity contribution in [3.8, 4) is 0 Å². The average Bonchev–Trinajstić information content (AvgIpc) is 2.79. The van der Waals surface area contributed by atoms with Gasteiger partial charge in [0.25, 0.3) is 0 Å². The molecule has 2 heterocycles. The van der Waals surface area contributed by atoms with E-state index < -0.39 is 0 Å². The van der Waals surface area contributed by atoms with E-state index in [9.17, 15) is 4.39 Å². The van der Waals surface area contributed by atoms with Crippen LogP contribution in [0.15, 0.2) is 35.6 Å². The topological polar surface area (TPSA) is 69.6 Å². The Balaban J connectivity index is 1.92. The van der Waals surface area contributed by atoms with E-state index in [-0.39, 0.29) is 5.82 Å². The van der Waals surface area contributed by atoms with Gasteiger partial charge in [-0.25, -0.2) is 4.39 Å². The summed E-state index contributed by atoms with van der Waals surface area (Å²) >= 11 is 1.49. The zero-order valence-corrected chi connectivity index (χ0v) is 11.6. The highest BCUT2D eigenvalue weighted by Gasteiger charge is 2.10. The quantitative estimate of drug-likeness (QED) is 0.750. The van der Waals surface area contributed by atoms with Crippen LogP contribution in [-0.2, 0) is 12.8 Å². The van der Waals surface area contributed by atoms with E-state index >= 15 is 0 Å². The first-order valence-corrected chi connectivity index (χ1v) is 6.95. The summed E-state index contributed by atoms with van der Waals surface area (Å²) in [5.41, 5.74) is 7.26. The second kappa shape index (κ2) is 5.09. The first-order chi connectivity index (χ1) is 9.66. The standard InChI is InChI=1S/C13H12FN5S/c1-19-12(15)17-18-13(19)20-7-8-4-5-10(14)9-3-2-6-16-11(8)9/h2-6H,7H2,1H3,(H2,15,17). The second-order valence-electron chi connectivity index (χ2n) is 4.29. The Hall–Kier alpha value is -2.15. The normalized spacial score (nSPS) is 11.1. The predicted octanol–water partition coefficient (Wildman–Crippen LogP) is 2.38. The fourth-order valence-corrected chi connectivity index (χ4v) is 2.81. The number of hydrogen-bond donors (Lipinski definition) is 1. The molecule has 0 atom stereocenters. The number of halogens is 1. The van der Waals surface area contributed by atoms with Crippen LogP contribution >= 0.6 is 11.8 Å². The number of nitrogens with zero attached hydrogens (tertiary/aromatic N) is 4. The molecule has 20 heavy (non-hydrogen) atoms. The smallest absolute Gasteiger partial charge is 0.222 e. The van der Waals surface area contributed by atoms with Gasteiger partial charge in [0.1, 0.15) is 5.82 Å². The molecule has 3 aromatic rings. The number of benzene rings is 1. The minimum absolute atomic E-state index is 0.259. The number of thioether (sulfide) groups is 1. The lowest BCUT2D eigenvalue weighted by Gasteiger charge is -2.06. The highest BCUT2D eigenvalue weighted by molar-refractivity contribution is 7.98. The SMILES string of the molecule is Cn1c(N)nnc1SCc1ccc(F)c2cccnc12. The average molecular weight is 289 g/mol. The summed E-state index contributed by atoms with van der Waals surface area (Å²) in [6, 6.07) is 6.67. The Morgan fingerprint density at radius 3 is 2.90 bits per heavy atom. The Labute approximate surface area is 119 Å². The van der Waals surface area contributed by atoms with Gasteiger partial charge in [0, 0.05) is 24.4 Å². The molecule has 5 nitrogen and oxygen atoms in total. The first kappa shape index (κ1) is 12.9. The molecule has 0 radical (unpaired) electrons. The van der Waals surface area contributed by atoms with Crippen LogP contribution in [0.5, 0.6) is 0 Å². The van der Waals surface area contributed by atoms with Crippen molar-refractivity contribution in [2.75, 3.05) is 5.73 Å². The molecule has 102 valence electrons. The summed E-state index contributed by atoms with van der Waals surface area (Å²) < 4.78 is 15.4. The van der Waals surface area contributed by atoms with Crippen molar-refractivity contribution >= 4 is 28.6 Å².